The number of carbonyl (C=O) groups is 1. The third-order valence-electron chi connectivity index (χ3n) is 5.64. The summed E-state index contributed by atoms with van der Waals surface area (Å²) in [6, 6.07) is 9.12. The van der Waals surface area contributed by atoms with Crippen LogP contribution in [0.5, 0.6) is 0 Å². The van der Waals surface area contributed by atoms with Crippen molar-refractivity contribution in [3.8, 4) is 0 Å². The Morgan fingerprint density at radius 2 is 1.90 bits per heavy atom. The number of rotatable bonds is 6. The van der Waals surface area contributed by atoms with Crippen LogP contribution in [0.1, 0.15) is 25.3 Å². The molecular formula is C23H26F2N4O. The second kappa shape index (κ2) is 8.83. The van der Waals surface area contributed by atoms with Crippen LogP contribution in [-0.2, 0) is 4.79 Å². The summed E-state index contributed by atoms with van der Waals surface area (Å²) in [4.78, 5) is 16.7. The fourth-order valence-electron chi connectivity index (χ4n) is 3.91. The van der Waals surface area contributed by atoms with Gasteiger partial charge in [-0.05, 0) is 49.4 Å². The molecule has 0 radical (unpaired) electrons. The first-order chi connectivity index (χ1) is 14.5. The number of amides is 1. The average molecular weight is 412 g/mol. The number of hydrogen-bond acceptors (Lipinski definition) is 4. The van der Waals surface area contributed by atoms with Crippen LogP contribution < -0.4 is 15.5 Å². The van der Waals surface area contributed by atoms with E-state index in [1.807, 2.05) is 0 Å². The van der Waals surface area contributed by atoms with E-state index in [-0.39, 0.29) is 11.7 Å². The summed E-state index contributed by atoms with van der Waals surface area (Å²) in [5.74, 6) is -1.04. The number of nitrogens with one attached hydrogen (secondary N) is 2. The SMILES string of the molecule is CCCCN1CCN(c2ccc(NC=C3C(=O)Nc4ccc(F)cc43)cc2F)CC1. The quantitative estimate of drug-likeness (QED) is 0.695. The Balaban J connectivity index is 1.43. The molecule has 0 unspecified atom stereocenters. The molecule has 30 heavy (non-hydrogen) atoms. The normalized spacial score (nSPS) is 17.9. The van der Waals surface area contributed by atoms with Gasteiger partial charge in [0.15, 0.2) is 0 Å². The van der Waals surface area contributed by atoms with Gasteiger partial charge in [0.1, 0.15) is 11.6 Å². The lowest BCUT2D eigenvalue weighted by Crippen LogP contribution is -2.46. The predicted octanol–water partition coefficient (Wildman–Crippen LogP) is 4.29. The fraction of sp³-hybridized carbons (Fsp3) is 0.348. The van der Waals surface area contributed by atoms with Crippen molar-refractivity contribution in [1.29, 1.82) is 0 Å². The van der Waals surface area contributed by atoms with E-state index < -0.39 is 5.82 Å². The molecule has 2 aromatic carbocycles. The van der Waals surface area contributed by atoms with Crippen molar-refractivity contribution in [2.45, 2.75) is 19.8 Å². The Kier molecular flexibility index (Phi) is 5.99. The largest absolute Gasteiger partial charge is 0.367 e. The van der Waals surface area contributed by atoms with E-state index in [2.05, 4.69) is 27.4 Å². The van der Waals surface area contributed by atoms with Crippen molar-refractivity contribution in [3.63, 3.8) is 0 Å². The van der Waals surface area contributed by atoms with Crippen molar-refractivity contribution in [2.75, 3.05) is 48.3 Å². The number of piperazine rings is 1. The molecule has 2 N–H and O–H groups in total. The fourth-order valence-corrected chi connectivity index (χ4v) is 3.91. The van der Waals surface area contributed by atoms with Gasteiger partial charge >= 0.3 is 0 Å². The molecule has 0 saturated carbocycles. The van der Waals surface area contributed by atoms with E-state index >= 15 is 0 Å². The van der Waals surface area contributed by atoms with Crippen molar-refractivity contribution in [2.24, 2.45) is 0 Å². The predicted molar refractivity (Wildman–Crippen MR) is 117 cm³/mol. The molecular weight excluding hydrogens is 386 g/mol. The lowest BCUT2D eigenvalue weighted by Gasteiger charge is -2.36. The first-order valence-electron chi connectivity index (χ1n) is 10.4. The summed E-state index contributed by atoms with van der Waals surface area (Å²) in [7, 11) is 0. The van der Waals surface area contributed by atoms with Crippen LogP contribution in [0, 0.1) is 11.6 Å². The van der Waals surface area contributed by atoms with Crippen molar-refractivity contribution >= 4 is 28.5 Å². The maximum atomic E-state index is 14.8. The summed E-state index contributed by atoms with van der Waals surface area (Å²) >= 11 is 0. The summed E-state index contributed by atoms with van der Waals surface area (Å²) in [5.41, 5.74) is 2.49. The zero-order valence-electron chi connectivity index (χ0n) is 17.0. The number of fused-ring (bicyclic) bond motifs is 1. The van der Waals surface area contributed by atoms with Gasteiger partial charge in [0.2, 0.25) is 0 Å². The van der Waals surface area contributed by atoms with Gasteiger partial charge in [-0.3, -0.25) is 9.69 Å². The van der Waals surface area contributed by atoms with Gasteiger partial charge in [0.05, 0.1) is 11.3 Å². The molecule has 2 aliphatic rings. The highest BCUT2D eigenvalue weighted by atomic mass is 19.1. The number of carbonyl (C=O) groups excluding carboxylic acids is 1. The van der Waals surface area contributed by atoms with Crippen LogP contribution in [-0.4, -0.2) is 43.5 Å². The van der Waals surface area contributed by atoms with E-state index in [0.717, 1.165) is 32.7 Å². The lowest BCUT2D eigenvalue weighted by molar-refractivity contribution is -0.110. The average Bonchev–Trinajstić information content (AvgIpc) is 3.05. The summed E-state index contributed by atoms with van der Waals surface area (Å²) in [5, 5.41) is 5.66. The van der Waals surface area contributed by atoms with Crippen molar-refractivity contribution < 1.29 is 13.6 Å². The summed E-state index contributed by atoms with van der Waals surface area (Å²) in [6.07, 6.45) is 3.86. The van der Waals surface area contributed by atoms with Gasteiger partial charge in [-0.2, -0.15) is 0 Å². The molecule has 7 heteroatoms. The van der Waals surface area contributed by atoms with Crippen LogP contribution in [0.2, 0.25) is 0 Å². The zero-order valence-corrected chi connectivity index (χ0v) is 17.0. The minimum Gasteiger partial charge on any atom is -0.367 e. The highest BCUT2D eigenvalue weighted by Crippen LogP contribution is 2.32. The molecule has 158 valence electrons. The molecule has 1 saturated heterocycles. The third-order valence-corrected chi connectivity index (χ3v) is 5.64. The molecule has 5 nitrogen and oxygen atoms in total. The van der Waals surface area contributed by atoms with Crippen LogP contribution >= 0.6 is 0 Å². The van der Waals surface area contributed by atoms with Gasteiger partial charge in [-0.15, -0.1) is 0 Å². The van der Waals surface area contributed by atoms with E-state index in [4.69, 9.17) is 0 Å². The Labute approximate surface area is 175 Å². The van der Waals surface area contributed by atoms with Crippen LogP contribution in [0.3, 0.4) is 0 Å². The molecule has 0 spiro atoms. The molecule has 1 fully saturated rings. The smallest absolute Gasteiger partial charge is 0.257 e. The first-order valence-corrected chi connectivity index (χ1v) is 10.4. The summed E-state index contributed by atoms with van der Waals surface area (Å²) < 4.78 is 28.3. The Morgan fingerprint density at radius 3 is 2.63 bits per heavy atom. The number of halogens is 2. The number of hydrogen-bond donors (Lipinski definition) is 2. The maximum absolute atomic E-state index is 14.8. The molecule has 0 aliphatic carbocycles. The molecule has 2 aromatic rings. The minimum atomic E-state index is -0.415. The van der Waals surface area contributed by atoms with E-state index in [1.165, 1.54) is 43.3 Å². The Bertz CT molecular complexity index is 968. The van der Waals surface area contributed by atoms with E-state index in [9.17, 15) is 13.6 Å². The number of anilines is 3. The molecule has 2 aliphatic heterocycles. The molecule has 0 bridgehead atoms. The second-order valence-corrected chi connectivity index (χ2v) is 7.69. The van der Waals surface area contributed by atoms with Crippen molar-refractivity contribution in [3.05, 3.63) is 59.8 Å². The number of benzene rings is 2. The molecule has 0 atom stereocenters. The standard InChI is InChI=1S/C23H26F2N4O/c1-2-3-8-28-9-11-29(12-10-28)22-7-5-17(14-20(22)25)26-15-19-18-13-16(24)4-6-21(18)27-23(19)30/h4-7,13-15,26H,2-3,8-12H2,1H3,(H,27,30). The van der Waals surface area contributed by atoms with Gasteiger partial charge in [0, 0.05) is 49.3 Å². The van der Waals surface area contributed by atoms with E-state index in [0.29, 0.717) is 28.2 Å². The van der Waals surface area contributed by atoms with Gasteiger partial charge < -0.3 is 15.5 Å². The van der Waals surface area contributed by atoms with Crippen molar-refractivity contribution in [1.82, 2.24) is 4.90 Å². The Hall–Kier alpha value is -2.93. The number of nitrogens with zero attached hydrogens (tertiary/aromatic N) is 2. The molecule has 1 amide bonds. The highest BCUT2D eigenvalue weighted by Gasteiger charge is 2.24. The highest BCUT2D eigenvalue weighted by molar-refractivity contribution is 6.31. The van der Waals surface area contributed by atoms with E-state index in [1.54, 1.807) is 12.1 Å². The first kappa shape index (κ1) is 20.3. The third kappa shape index (κ3) is 4.31. The van der Waals surface area contributed by atoms with Gasteiger partial charge in [-0.1, -0.05) is 13.3 Å². The second-order valence-electron chi connectivity index (χ2n) is 7.69. The van der Waals surface area contributed by atoms with Gasteiger partial charge in [-0.25, -0.2) is 8.78 Å². The topological polar surface area (TPSA) is 47.6 Å². The van der Waals surface area contributed by atoms with Crippen LogP contribution in [0.4, 0.5) is 25.8 Å². The molecule has 2 heterocycles. The van der Waals surface area contributed by atoms with Crippen LogP contribution in [0.15, 0.2) is 42.6 Å². The monoisotopic (exact) mass is 412 g/mol. The van der Waals surface area contributed by atoms with Gasteiger partial charge in [0.25, 0.3) is 5.91 Å². The lowest BCUT2D eigenvalue weighted by atomic mass is 10.1. The summed E-state index contributed by atoms with van der Waals surface area (Å²) in [6.45, 7) is 6.78. The Morgan fingerprint density at radius 1 is 1.10 bits per heavy atom. The number of unbranched alkanes of at least 4 members (excludes halogenated alkanes) is 1. The molecule has 4 rings (SSSR count). The zero-order chi connectivity index (χ0) is 21.1. The minimum absolute atomic E-state index is 0.303. The molecule has 0 aromatic heterocycles. The van der Waals surface area contributed by atoms with Crippen LogP contribution in [0.25, 0.3) is 5.57 Å². The maximum Gasteiger partial charge on any atom is 0.257 e.